The molecule has 86 valence electrons. The number of aromatic amines is 1. The largest absolute Gasteiger partial charge is 0.300 e. The number of hydrogen-bond acceptors (Lipinski definition) is 4. The molecule has 2 aromatic heterocycles. The summed E-state index contributed by atoms with van der Waals surface area (Å²) in [5.74, 6) is 0.866. The van der Waals surface area contributed by atoms with Gasteiger partial charge in [-0.25, -0.2) is 9.67 Å². The van der Waals surface area contributed by atoms with Crippen molar-refractivity contribution in [2.75, 3.05) is 0 Å². The monoisotopic (exact) mass is 238 g/mol. The van der Waals surface area contributed by atoms with E-state index in [9.17, 15) is 0 Å². The molecule has 0 spiro atoms. The normalized spacial score (nSPS) is 13.2. The molecule has 0 bridgehead atoms. The summed E-state index contributed by atoms with van der Waals surface area (Å²) in [5.41, 5.74) is 0. The molecule has 2 rings (SSSR count). The number of hydrogen-bond donors (Lipinski definition) is 1. The van der Waals surface area contributed by atoms with E-state index in [-0.39, 0.29) is 12.1 Å². The van der Waals surface area contributed by atoms with E-state index in [1.807, 2.05) is 11.5 Å². The highest BCUT2D eigenvalue weighted by molar-refractivity contribution is 7.71. The Morgan fingerprint density at radius 1 is 1.38 bits per heavy atom. The predicted molar refractivity (Wildman–Crippen MR) is 61.6 cm³/mol. The van der Waals surface area contributed by atoms with Crippen molar-refractivity contribution >= 4 is 12.2 Å². The third-order valence-corrected chi connectivity index (χ3v) is 2.74. The van der Waals surface area contributed by atoms with Gasteiger partial charge in [0.15, 0.2) is 10.6 Å². The van der Waals surface area contributed by atoms with E-state index in [1.165, 1.54) is 6.33 Å². The van der Waals surface area contributed by atoms with Crippen molar-refractivity contribution in [1.82, 2.24) is 29.5 Å². The number of aromatic nitrogens is 6. The van der Waals surface area contributed by atoms with Crippen LogP contribution in [0.4, 0.5) is 0 Å². The Morgan fingerprint density at radius 3 is 2.69 bits per heavy atom. The smallest absolute Gasteiger partial charge is 0.195 e. The second kappa shape index (κ2) is 4.17. The fraction of sp³-hybridized carbons (Fsp3) is 0.556. The minimum Gasteiger partial charge on any atom is -0.300 e. The van der Waals surface area contributed by atoms with Crippen LogP contribution in [0.2, 0.25) is 0 Å². The van der Waals surface area contributed by atoms with Gasteiger partial charge in [-0.15, -0.1) is 0 Å². The summed E-state index contributed by atoms with van der Waals surface area (Å²) in [6.45, 7) is 6.16. The van der Waals surface area contributed by atoms with Gasteiger partial charge in [0.05, 0.1) is 0 Å². The SMILES string of the molecule is CC(c1n[nH]c(=S)n1C(C)C)n1cncn1. The Kier molecular flexibility index (Phi) is 2.86. The number of rotatable bonds is 3. The first-order valence-electron chi connectivity index (χ1n) is 5.12. The molecule has 2 aromatic rings. The summed E-state index contributed by atoms with van der Waals surface area (Å²) < 4.78 is 4.38. The molecule has 1 unspecified atom stereocenters. The molecule has 0 aliphatic heterocycles. The molecule has 7 heteroatoms. The second-order valence-corrected chi connectivity index (χ2v) is 4.29. The molecular weight excluding hydrogens is 224 g/mol. The van der Waals surface area contributed by atoms with Crippen molar-refractivity contribution in [1.29, 1.82) is 0 Å². The highest BCUT2D eigenvalue weighted by Crippen LogP contribution is 2.18. The van der Waals surface area contributed by atoms with E-state index in [0.717, 1.165) is 5.82 Å². The molecule has 16 heavy (non-hydrogen) atoms. The quantitative estimate of drug-likeness (QED) is 0.827. The van der Waals surface area contributed by atoms with Crippen molar-refractivity contribution in [2.24, 2.45) is 0 Å². The van der Waals surface area contributed by atoms with Crippen molar-refractivity contribution in [2.45, 2.75) is 32.9 Å². The zero-order valence-electron chi connectivity index (χ0n) is 9.45. The minimum absolute atomic E-state index is 0.0119. The Hall–Kier alpha value is -1.50. The molecule has 1 N–H and O–H groups in total. The average Bonchev–Trinajstić information content (AvgIpc) is 2.84. The van der Waals surface area contributed by atoms with Crippen LogP contribution in [-0.4, -0.2) is 29.5 Å². The van der Waals surface area contributed by atoms with Crippen molar-refractivity contribution in [3.8, 4) is 0 Å². The van der Waals surface area contributed by atoms with Crippen molar-refractivity contribution in [3.05, 3.63) is 23.3 Å². The van der Waals surface area contributed by atoms with Gasteiger partial charge >= 0.3 is 0 Å². The van der Waals surface area contributed by atoms with Crippen molar-refractivity contribution < 1.29 is 0 Å². The standard InChI is InChI=1S/C9H14N6S/c1-6(2)15-8(12-13-9(15)16)7(3)14-5-10-4-11-14/h4-7H,1-3H3,(H,13,16). The molecule has 0 saturated carbocycles. The van der Waals surface area contributed by atoms with Gasteiger partial charge in [-0.1, -0.05) is 0 Å². The van der Waals surface area contributed by atoms with E-state index in [1.54, 1.807) is 11.0 Å². The van der Waals surface area contributed by atoms with Gasteiger partial charge < -0.3 is 0 Å². The molecule has 0 aliphatic rings. The summed E-state index contributed by atoms with van der Waals surface area (Å²) in [7, 11) is 0. The van der Waals surface area contributed by atoms with Gasteiger partial charge in [0.2, 0.25) is 0 Å². The Morgan fingerprint density at radius 2 is 2.12 bits per heavy atom. The molecule has 0 aromatic carbocycles. The Balaban J connectivity index is 2.45. The lowest BCUT2D eigenvalue weighted by molar-refractivity contribution is 0.474. The zero-order valence-corrected chi connectivity index (χ0v) is 10.3. The topological polar surface area (TPSA) is 64.3 Å². The lowest BCUT2D eigenvalue weighted by Gasteiger charge is -2.15. The van der Waals surface area contributed by atoms with Crippen molar-refractivity contribution in [3.63, 3.8) is 0 Å². The molecule has 6 nitrogen and oxygen atoms in total. The van der Waals surface area contributed by atoms with Crippen LogP contribution in [0.1, 0.15) is 38.7 Å². The van der Waals surface area contributed by atoms with Gasteiger partial charge in [-0.3, -0.25) is 9.67 Å². The van der Waals surface area contributed by atoms with Crippen LogP contribution in [0.5, 0.6) is 0 Å². The molecule has 0 radical (unpaired) electrons. The molecule has 0 amide bonds. The van der Waals surface area contributed by atoms with Gasteiger partial charge in [0.25, 0.3) is 0 Å². The summed E-state index contributed by atoms with van der Waals surface area (Å²) in [4.78, 5) is 3.93. The van der Waals surface area contributed by atoms with E-state index < -0.39 is 0 Å². The molecule has 0 saturated heterocycles. The van der Waals surface area contributed by atoms with Gasteiger partial charge in [0.1, 0.15) is 18.7 Å². The second-order valence-electron chi connectivity index (χ2n) is 3.90. The number of H-pyrrole nitrogens is 1. The van der Waals surface area contributed by atoms with E-state index in [0.29, 0.717) is 4.77 Å². The summed E-state index contributed by atoms with van der Waals surface area (Å²) >= 11 is 5.20. The maximum Gasteiger partial charge on any atom is 0.195 e. The van der Waals surface area contributed by atoms with Crippen LogP contribution in [0.15, 0.2) is 12.7 Å². The highest BCUT2D eigenvalue weighted by atomic mass is 32.1. The van der Waals surface area contributed by atoms with Gasteiger partial charge in [-0.2, -0.15) is 10.2 Å². The van der Waals surface area contributed by atoms with Crippen LogP contribution in [0.3, 0.4) is 0 Å². The maximum absolute atomic E-state index is 5.20. The lowest BCUT2D eigenvalue weighted by atomic mass is 10.3. The maximum atomic E-state index is 5.20. The fourth-order valence-electron chi connectivity index (χ4n) is 1.65. The average molecular weight is 238 g/mol. The van der Waals surface area contributed by atoms with Gasteiger partial charge in [-0.05, 0) is 33.0 Å². The molecule has 0 aliphatic carbocycles. The first kappa shape index (κ1) is 11.0. The first-order chi connectivity index (χ1) is 7.61. The van der Waals surface area contributed by atoms with E-state index >= 15 is 0 Å². The third-order valence-electron chi connectivity index (χ3n) is 2.46. The van der Waals surface area contributed by atoms with Crippen LogP contribution in [0, 0.1) is 4.77 Å². The van der Waals surface area contributed by atoms with Gasteiger partial charge in [0, 0.05) is 6.04 Å². The van der Waals surface area contributed by atoms with E-state index in [4.69, 9.17) is 12.2 Å². The Bertz CT molecular complexity index is 508. The first-order valence-corrected chi connectivity index (χ1v) is 5.53. The molecule has 2 heterocycles. The lowest BCUT2D eigenvalue weighted by Crippen LogP contribution is -2.15. The third kappa shape index (κ3) is 1.78. The summed E-state index contributed by atoms with van der Waals surface area (Å²) in [6, 6.07) is 0.282. The van der Waals surface area contributed by atoms with Crippen LogP contribution >= 0.6 is 12.2 Å². The summed E-state index contributed by atoms with van der Waals surface area (Å²) in [6.07, 6.45) is 3.19. The predicted octanol–water partition coefficient (Wildman–Crippen LogP) is 1.72. The van der Waals surface area contributed by atoms with Crippen LogP contribution < -0.4 is 0 Å². The van der Waals surface area contributed by atoms with E-state index in [2.05, 4.69) is 34.1 Å². The van der Waals surface area contributed by atoms with Crippen LogP contribution in [0.25, 0.3) is 0 Å². The Labute approximate surface area is 98.3 Å². The molecular formula is C9H14N6S. The number of nitrogens with one attached hydrogen (secondary N) is 1. The molecule has 0 fully saturated rings. The highest BCUT2D eigenvalue weighted by Gasteiger charge is 2.17. The summed E-state index contributed by atoms with van der Waals surface area (Å²) in [5, 5.41) is 11.2. The number of nitrogens with zero attached hydrogens (tertiary/aromatic N) is 5. The zero-order chi connectivity index (χ0) is 11.7. The van der Waals surface area contributed by atoms with Crippen LogP contribution in [-0.2, 0) is 0 Å². The molecule has 1 atom stereocenters. The fourth-order valence-corrected chi connectivity index (χ4v) is 2.00. The minimum atomic E-state index is 0.0119.